The molecule has 0 saturated heterocycles. The first-order valence-electron chi connectivity index (χ1n) is 4.66. The van der Waals surface area contributed by atoms with Crippen molar-refractivity contribution >= 4 is 16.7 Å². The summed E-state index contributed by atoms with van der Waals surface area (Å²) in [7, 11) is 1.55. The SMILES string of the molecule is COc1ccc2c(O)c(C(=O)O)ccc2c1. The zero-order valence-electron chi connectivity index (χ0n) is 8.60. The molecule has 0 saturated carbocycles. The summed E-state index contributed by atoms with van der Waals surface area (Å²) in [5.41, 5.74) is -0.0994. The largest absolute Gasteiger partial charge is 0.506 e. The summed E-state index contributed by atoms with van der Waals surface area (Å²) in [4.78, 5) is 10.8. The Morgan fingerprint density at radius 3 is 2.62 bits per heavy atom. The topological polar surface area (TPSA) is 66.8 Å². The lowest BCUT2D eigenvalue weighted by Crippen LogP contribution is -1.96. The second-order valence-electron chi connectivity index (χ2n) is 3.35. The van der Waals surface area contributed by atoms with Crippen LogP contribution in [0, 0.1) is 0 Å². The van der Waals surface area contributed by atoms with Crippen molar-refractivity contribution in [3.05, 3.63) is 35.9 Å². The van der Waals surface area contributed by atoms with E-state index in [1.54, 1.807) is 31.4 Å². The summed E-state index contributed by atoms with van der Waals surface area (Å²) in [6, 6.07) is 8.06. The van der Waals surface area contributed by atoms with Crippen LogP contribution < -0.4 is 4.74 Å². The molecule has 4 nitrogen and oxygen atoms in total. The summed E-state index contributed by atoms with van der Waals surface area (Å²) < 4.78 is 5.04. The van der Waals surface area contributed by atoms with E-state index in [1.807, 2.05) is 0 Å². The standard InChI is InChI=1S/C12H10O4/c1-16-8-3-5-9-7(6-8)2-4-10(11(9)13)12(14)15/h2-6,13H,1H3,(H,14,15). The zero-order valence-corrected chi connectivity index (χ0v) is 8.60. The van der Waals surface area contributed by atoms with Gasteiger partial charge in [-0.15, -0.1) is 0 Å². The van der Waals surface area contributed by atoms with Gasteiger partial charge in [0.1, 0.15) is 17.1 Å². The van der Waals surface area contributed by atoms with Gasteiger partial charge in [-0.3, -0.25) is 0 Å². The normalized spacial score (nSPS) is 10.3. The second kappa shape index (κ2) is 3.73. The van der Waals surface area contributed by atoms with E-state index < -0.39 is 5.97 Å². The number of aromatic hydroxyl groups is 1. The highest BCUT2D eigenvalue weighted by molar-refractivity contribution is 6.00. The average molecular weight is 218 g/mol. The molecule has 0 atom stereocenters. The Kier molecular flexibility index (Phi) is 2.40. The molecule has 0 aliphatic heterocycles. The molecule has 2 aromatic rings. The van der Waals surface area contributed by atoms with Gasteiger partial charge in [-0.1, -0.05) is 6.07 Å². The fraction of sp³-hybridized carbons (Fsp3) is 0.0833. The van der Waals surface area contributed by atoms with Crippen LogP contribution in [0.5, 0.6) is 11.5 Å². The van der Waals surface area contributed by atoms with Gasteiger partial charge < -0.3 is 14.9 Å². The third kappa shape index (κ3) is 1.54. The summed E-state index contributed by atoms with van der Waals surface area (Å²) in [6.45, 7) is 0. The third-order valence-electron chi connectivity index (χ3n) is 2.43. The number of benzene rings is 2. The van der Waals surface area contributed by atoms with E-state index in [2.05, 4.69) is 0 Å². The van der Waals surface area contributed by atoms with E-state index in [-0.39, 0.29) is 11.3 Å². The molecule has 2 aromatic carbocycles. The number of carboxylic acids is 1. The first kappa shape index (κ1) is 10.3. The molecule has 0 aliphatic carbocycles. The number of aromatic carboxylic acids is 1. The predicted octanol–water partition coefficient (Wildman–Crippen LogP) is 2.25. The molecule has 2 N–H and O–H groups in total. The highest BCUT2D eigenvalue weighted by Gasteiger charge is 2.12. The molecule has 2 rings (SSSR count). The maximum absolute atomic E-state index is 10.8. The smallest absolute Gasteiger partial charge is 0.339 e. The lowest BCUT2D eigenvalue weighted by molar-refractivity contribution is 0.0694. The highest BCUT2D eigenvalue weighted by Crippen LogP contribution is 2.31. The van der Waals surface area contributed by atoms with Crippen LogP contribution in [0.15, 0.2) is 30.3 Å². The van der Waals surface area contributed by atoms with Crippen molar-refractivity contribution in [3.8, 4) is 11.5 Å². The molecular formula is C12H10O4. The van der Waals surface area contributed by atoms with Crippen LogP contribution in [-0.2, 0) is 0 Å². The average Bonchev–Trinajstić information content (AvgIpc) is 2.28. The number of carboxylic acid groups (broad SMARTS) is 1. The summed E-state index contributed by atoms with van der Waals surface area (Å²) in [5, 5.41) is 19.8. The molecule has 16 heavy (non-hydrogen) atoms. The van der Waals surface area contributed by atoms with Crippen LogP contribution in [0.3, 0.4) is 0 Å². The van der Waals surface area contributed by atoms with Crippen LogP contribution in [0.2, 0.25) is 0 Å². The fourth-order valence-electron chi connectivity index (χ4n) is 1.59. The Labute approximate surface area is 91.7 Å². The number of carbonyl (C=O) groups is 1. The molecular weight excluding hydrogens is 208 g/mol. The molecule has 0 heterocycles. The Bertz CT molecular complexity index is 560. The van der Waals surface area contributed by atoms with Gasteiger partial charge >= 0.3 is 5.97 Å². The van der Waals surface area contributed by atoms with Gasteiger partial charge in [0.05, 0.1) is 7.11 Å². The Hall–Kier alpha value is -2.23. The minimum Gasteiger partial charge on any atom is -0.506 e. The summed E-state index contributed by atoms with van der Waals surface area (Å²) in [6.07, 6.45) is 0. The monoisotopic (exact) mass is 218 g/mol. The van der Waals surface area contributed by atoms with Crippen LogP contribution in [0.25, 0.3) is 10.8 Å². The number of hydrogen-bond donors (Lipinski definition) is 2. The predicted molar refractivity (Wildman–Crippen MR) is 59.1 cm³/mol. The van der Waals surface area contributed by atoms with Crippen LogP contribution >= 0.6 is 0 Å². The van der Waals surface area contributed by atoms with Crippen LogP contribution in [-0.4, -0.2) is 23.3 Å². The first-order valence-corrected chi connectivity index (χ1v) is 4.66. The number of methoxy groups -OCH3 is 1. The molecule has 82 valence electrons. The molecule has 0 bridgehead atoms. The molecule has 0 unspecified atom stereocenters. The molecule has 4 heteroatoms. The van der Waals surface area contributed by atoms with Gasteiger partial charge in [0.25, 0.3) is 0 Å². The minimum atomic E-state index is -1.14. The molecule has 0 fully saturated rings. The Balaban J connectivity index is 2.71. The zero-order chi connectivity index (χ0) is 11.7. The van der Waals surface area contributed by atoms with E-state index in [0.717, 1.165) is 5.39 Å². The van der Waals surface area contributed by atoms with Crippen LogP contribution in [0.4, 0.5) is 0 Å². The van der Waals surface area contributed by atoms with E-state index in [1.165, 1.54) is 6.07 Å². The summed E-state index contributed by atoms with van der Waals surface area (Å²) >= 11 is 0. The van der Waals surface area contributed by atoms with Crippen molar-refractivity contribution in [2.75, 3.05) is 7.11 Å². The summed E-state index contributed by atoms with van der Waals surface area (Å²) in [5.74, 6) is -0.696. The number of fused-ring (bicyclic) bond motifs is 1. The van der Waals surface area contributed by atoms with Crippen LogP contribution in [0.1, 0.15) is 10.4 Å². The molecule has 0 aliphatic rings. The van der Waals surface area contributed by atoms with Gasteiger partial charge in [-0.05, 0) is 29.7 Å². The van der Waals surface area contributed by atoms with Gasteiger partial charge in [-0.25, -0.2) is 4.79 Å². The molecule has 0 aromatic heterocycles. The maximum Gasteiger partial charge on any atom is 0.339 e. The van der Waals surface area contributed by atoms with Crippen molar-refractivity contribution in [3.63, 3.8) is 0 Å². The van der Waals surface area contributed by atoms with Crippen molar-refractivity contribution < 1.29 is 19.7 Å². The van der Waals surface area contributed by atoms with Gasteiger partial charge in [0, 0.05) is 5.39 Å². The van der Waals surface area contributed by atoms with E-state index in [4.69, 9.17) is 9.84 Å². The molecule has 0 radical (unpaired) electrons. The number of hydrogen-bond acceptors (Lipinski definition) is 3. The van der Waals surface area contributed by atoms with Gasteiger partial charge in [0.2, 0.25) is 0 Å². The number of rotatable bonds is 2. The lowest BCUT2D eigenvalue weighted by atomic mass is 10.1. The van der Waals surface area contributed by atoms with Crippen molar-refractivity contribution in [2.24, 2.45) is 0 Å². The minimum absolute atomic E-state index is 0.0994. The van der Waals surface area contributed by atoms with Gasteiger partial charge in [-0.2, -0.15) is 0 Å². The fourth-order valence-corrected chi connectivity index (χ4v) is 1.59. The van der Waals surface area contributed by atoms with Crippen molar-refractivity contribution in [1.82, 2.24) is 0 Å². The number of ether oxygens (including phenoxy) is 1. The molecule has 0 amide bonds. The van der Waals surface area contributed by atoms with Crippen molar-refractivity contribution in [1.29, 1.82) is 0 Å². The van der Waals surface area contributed by atoms with Gasteiger partial charge in [0.15, 0.2) is 0 Å². The Morgan fingerprint density at radius 1 is 1.25 bits per heavy atom. The maximum atomic E-state index is 10.8. The van der Waals surface area contributed by atoms with E-state index >= 15 is 0 Å². The first-order chi connectivity index (χ1) is 7.63. The highest BCUT2D eigenvalue weighted by atomic mass is 16.5. The number of phenols is 1. The van der Waals surface area contributed by atoms with E-state index in [9.17, 15) is 9.90 Å². The third-order valence-corrected chi connectivity index (χ3v) is 2.43. The molecule has 0 spiro atoms. The lowest BCUT2D eigenvalue weighted by Gasteiger charge is -2.06. The Morgan fingerprint density at radius 2 is 2.00 bits per heavy atom. The second-order valence-corrected chi connectivity index (χ2v) is 3.35. The quantitative estimate of drug-likeness (QED) is 0.811. The van der Waals surface area contributed by atoms with Crippen molar-refractivity contribution in [2.45, 2.75) is 0 Å². The van der Waals surface area contributed by atoms with E-state index in [0.29, 0.717) is 11.1 Å².